The van der Waals surface area contributed by atoms with E-state index in [0.717, 1.165) is 27.2 Å². The van der Waals surface area contributed by atoms with Gasteiger partial charge in [0.05, 0.1) is 5.69 Å². The van der Waals surface area contributed by atoms with Crippen molar-refractivity contribution >= 4 is 43.9 Å². The van der Waals surface area contributed by atoms with Gasteiger partial charge in [-0.15, -0.1) is 0 Å². The van der Waals surface area contributed by atoms with Crippen LogP contribution < -0.4 is 5.32 Å². The van der Waals surface area contributed by atoms with Crippen LogP contribution in [0.25, 0.3) is 10.8 Å². The minimum absolute atomic E-state index is 0.887. The van der Waals surface area contributed by atoms with E-state index in [1.54, 1.807) is 0 Å². The maximum atomic E-state index is 4.76. The molecule has 3 aromatic carbocycles. The fourth-order valence-electron chi connectivity index (χ4n) is 2.57. The fourth-order valence-corrected chi connectivity index (χ4v) is 2.97. The zero-order chi connectivity index (χ0) is 13.5. The molecule has 0 saturated carbocycles. The Hall–Kier alpha value is -2.13. The fraction of sp³-hybridized carbons (Fsp3) is 0. The van der Waals surface area contributed by atoms with Gasteiger partial charge in [0.2, 0.25) is 0 Å². The number of amidine groups is 1. The highest BCUT2D eigenvalue weighted by atomic mass is 79.9. The Morgan fingerprint density at radius 2 is 1.70 bits per heavy atom. The van der Waals surface area contributed by atoms with Crippen LogP contribution in [0.5, 0.6) is 0 Å². The van der Waals surface area contributed by atoms with E-state index in [2.05, 4.69) is 69.8 Å². The summed E-state index contributed by atoms with van der Waals surface area (Å²) in [5.74, 6) is 0.887. The van der Waals surface area contributed by atoms with E-state index in [9.17, 15) is 0 Å². The Balaban J connectivity index is 1.94. The molecule has 0 aromatic heterocycles. The second-order valence-electron chi connectivity index (χ2n) is 4.78. The number of nitrogens with zero attached hydrogens (tertiary/aromatic N) is 1. The zero-order valence-corrected chi connectivity index (χ0v) is 12.2. The monoisotopic (exact) mass is 322 g/mol. The van der Waals surface area contributed by atoms with Crippen molar-refractivity contribution in [3.8, 4) is 0 Å². The largest absolute Gasteiger partial charge is 0.339 e. The zero-order valence-electron chi connectivity index (χ0n) is 10.6. The maximum Gasteiger partial charge on any atom is 0.138 e. The minimum atomic E-state index is 0.887. The standard InChI is InChI=1S/C17H11BrN2/c18-13-7-1-6-12(10-13)17-19-14-8-2-4-11-5-3-9-15(20-17)16(11)14/h1-10H,(H,19,20). The van der Waals surface area contributed by atoms with Crippen LogP contribution in [0.3, 0.4) is 0 Å². The number of halogens is 1. The molecule has 0 aliphatic carbocycles. The quantitative estimate of drug-likeness (QED) is 0.661. The van der Waals surface area contributed by atoms with Crippen LogP contribution in [-0.2, 0) is 0 Å². The van der Waals surface area contributed by atoms with Crippen molar-refractivity contribution in [3.63, 3.8) is 0 Å². The molecule has 0 saturated heterocycles. The smallest absolute Gasteiger partial charge is 0.138 e. The molecule has 1 N–H and O–H groups in total. The number of benzene rings is 3. The minimum Gasteiger partial charge on any atom is -0.339 e. The van der Waals surface area contributed by atoms with Crippen LogP contribution in [0.4, 0.5) is 11.4 Å². The molecular weight excluding hydrogens is 312 g/mol. The van der Waals surface area contributed by atoms with Crippen LogP contribution in [0.15, 0.2) is 70.1 Å². The van der Waals surface area contributed by atoms with Gasteiger partial charge in [-0.25, -0.2) is 4.99 Å². The highest BCUT2D eigenvalue weighted by Gasteiger charge is 2.15. The van der Waals surface area contributed by atoms with Crippen LogP contribution >= 0.6 is 15.9 Å². The third-order valence-electron chi connectivity index (χ3n) is 3.47. The summed E-state index contributed by atoms with van der Waals surface area (Å²) in [7, 11) is 0. The van der Waals surface area contributed by atoms with Gasteiger partial charge < -0.3 is 5.32 Å². The number of rotatable bonds is 1. The highest BCUT2D eigenvalue weighted by Crippen LogP contribution is 2.36. The molecule has 4 rings (SSSR count). The molecule has 1 aliphatic heterocycles. The first kappa shape index (κ1) is 11.7. The first-order valence-corrected chi connectivity index (χ1v) is 7.24. The number of hydrogen-bond acceptors (Lipinski definition) is 2. The summed E-state index contributed by atoms with van der Waals surface area (Å²) >= 11 is 3.51. The van der Waals surface area contributed by atoms with E-state index in [1.165, 1.54) is 10.8 Å². The van der Waals surface area contributed by atoms with Gasteiger partial charge in [0, 0.05) is 21.1 Å². The van der Waals surface area contributed by atoms with Crippen LogP contribution in [0.2, 0.25) is 0 Å². The van der Waals surface area contributed by atoms with E-state index < -0.39 is 0 Å². The lowest BCUT2D eigenvalue weighted by atomic mass is 10.0. The van der Waals surface area contributed by atoms with Crippen molar-refractivity contribution in [3.05, 3.63) is 70.7 Å². The Bertz CT molecular complexity index is 847. The summed E-state index contributed by atoms with van der Waals surface area (Å²) < 4.78 is 1.05. The van der Waals surface area contributed by atoms with Gasteiger partial charge in [0.15, 0.2) is 0 Å². The van der Waals surface area contributed by atoms with Crippen LogP contribution in [0, 0.1) is 0 Å². The molecule has 0 bridgehead atoms. The molecule has 0 fully saturated rings. The second kappa shape index (κ2) is 4.46. The van der Waals surface area contributed by atoms with E-state index in [0.29, 0.717) is 0 Å². The van der Waals surface area contributed by atoms with Crippen molar-refractivity contribution < 1.29 is 0 Å². The molecule has 3 aromatic rings. The number of aliphatic imine (C=N–C) groups is 1. The molecule has 0 atom stereocenters. The Labute approximate surface area is 125 Å². The van der Waals surface area contributed by atoms with Crippen molar-refractivity contribution in [2.45, 2.75) is 0 Å². The molecular formula is C17H11BrN2. The van der Waals surface area contributed by atoms with Crippen molar-refractivity contribution in [2.75, 3.05) is 5.32 Å². The molecule has 1 aliphatic rings. The molecule has 96 valence electrons. The molecule has 3 heteroatoms. The summed E-state index contributed by atoms with van der Waals surface area (Å²) in [5, 5.41) is 5.84. The lowest BCUT2D eigenvalue weighted by Crippen LogP contribution is -2.16. The Kier molecular flexibility index (Phi) is 2.60. The normalized spacial score (nSPS) is 12.9. The van der Waals surface area contributed by atoms with E-state index >= 15 is 0 Å². The summed E-state index contributed by atoms with van der Waals surface area (Å²) in [6, 6.07) is 20.7. The summed E-state index contributed by atoms with van der Waals surface area (Å²) in [6.07, 6.45) is 0. The van der Waals surface area contributed by atoms with Gasteiger partial charge in [0.1, 0.15) is 5.84 Å². The van der Waals surface area contributed by atoms with E-state index in [4.69, 9.17) is 4.99 Å². The van der Waals surface area contributed by atoms with Crippen LogP contribution in [-0.4, -0.2) is 5.84 Å². The van der Waals surface area contributed by atoms with Gasteiger partial charge in [-0.2, -0.15) is 0 Å². The predicted molar refractivity (Wildman–Crippen MR) is 87.9 cm³/mol. The van der Waals surface area contributed by atoms with Gasteiger partial charge in [-0.3, -0.25) is 0 Å². The molecule has 1 heterocycles. The summed E-state index contributed by atoms with van der Waals surface area (Å²) in [5.41, 5.74) is 3.21. The van der Waals surface area contributed by atoms with E-state index in [1.807, 2.05) is 12.1 Å². The summed E-state index contributed by atoms with van der Waals surface area (Å²) in [4.78, 5) is 4.76. The topological polar surface area (TPSA) is 24.4 Å². The molecule has 2 nitrogen and oxygen atoms in total. The average molecular weight is 323 g/mol. The maximum absolute atomic E-state index is 4.76. The summed E-state index contributed by atoms with van der Waals surface area (Å²) in [6.45, 7) is 0. The number of hydrogen-bond donors (Lipinski definition) is 1. The van der Waals surface area contributed by atoms with Gasteiger partial charge >= 0.3 is 0 Å². The molecule has 0 spiro atoms. The first-order chi connectivity index (χ1) is 9.81. The van der Waals surface area contributed by atoms with Crippen molar-refractivity contribution in [2.24, 2.45) is 4.99 Å². The lowest BCUT2D eigenvalue weighted by molar-refractivity contribution is 1.46. The van der Waals surface area contributed by atoms with Gasteiger partial charge in [-0.05, 0) is 29.7 Å². The van der Waals surface area contributed by atoms with Gasteiger partial charge in [0.25, 0.3) is 0 Å². The molecule has 0 unspecified atom stereocenters. The average Bonchev–Trinajstić information content (AvgIpc) is 2.48. The van der Waals surface area contributed by atoms with E-state index in [-0.39, 0.29) is 0 Å². The third-order valence-corrected chi connectivity index (χ3v) is 3.96. The number of anilines is 1. The first-order valence-electron chi connectivity index (χ1n) is 6.45. The molecule has 20 heavy (non-hydrogen) atoms. The van der Waals surface area contributed by atoms with Gasteiger partial charge in [-0.1, -0.05) is 52.3 Å². The predicted octanol–water partition coefficient (Wildman–Crippen LogP) is 5.11. The highest BCUT2D eigenvalue weighted by molar-refractivity contribution is 9.10. The third kappa shape index (κ3) is 1.82. The molecule has 0 amide bonds. The van der Waals surface area contributed by atoms with Crippen molar-refractivity contribution in [1.82, 2.24) is 0 Å². The SMILES string of the molecule is Brc1cccc(C2=Nc3cccc4cccc(c34)N2)c1. The van der Waals surface area contributed by atoms with Crippen LogP contribution in [0.1, 0.15) is 5.56 Å². The lowest BCUT2D eigenvalue weighted by Gasteiger charge is -2.19. The molecule has 0 radical (unpaired) electrons. The number of nitrogens with one attached hydrogen (secondary N) is 1. The Morgan fingerprint density at radius 3 is 2.55 bits per heavy atom. The Morgan fingerprint density at radius 1 is 0.900 bits per heavy atom. The second-order valence-corrected chi connectivity index (χ2v) is 5.69. The van der Waals surface area contributed by atoms with Crippen molar-refractivity contribution in [1.29, 1.82) is 0 Å².